The molecule has 0 aromatic heterocycles. The van der Waals surface area contributed by atoms with Crippen LogP contribution in [0.1, 0.15) is 28.4 Å². The van der Waals surface area contributed by atoms with Gasteiger partial charge in [0.1, 0.15) is 0 Å². The van der Waals surface area contributed by atoms with Crippen molar-refractivity contribution in [2.45, 2.75) is 12.5 Å². The van der Waals surface area contributed by atoms with Crippen molar-refractivity contribution in [1.82, 2.24) is 5.32 Å². The molecule has 1 atom stereocenters. The lowest BCUT2D eigenvalue weighted by molar-refractivity contribution is -0.141. The van der Waals surface area contributed by atoms with Gasteiger partial charge in [0.2, 0.25) is 0 Å². The van der Waals surface area contributed by atoms with Gasteiger partial charge in [-0.3, -0.25) is 9.59 Å². The third kappa shape index (κ3) is 4.81. The zero-order chi connectivity index (χ0) is 16.8. The summed E-state index contributed by atoms with van der Waals surface area (Å²) in [6, 6.07) is 13.6. The first-order chi connectivity index (χ1) is 11.0. The molecule has 2 aromatic rings. The van der Waals surface area contributed by atoms with Gasteiger partial charge in [0, 0.05) is 4.47 Å². The van der Waals surface area contributed by atoms with E-state index in [0.29, 0.717) is 10.6 Å². The van der Waals surface area contributed by atoms with Crippen molar-refractivity contribution in [2.75, 3.05) is 7.11 Å². The normalized spacial score (nSPS) is 11.6. The van der Waals surface area contributed by atoms with E-state index in [9.17, 15) is 9.59 Å². The predicted octanol–water partition coefficient (Wildman–Crippen LogP) is 4.14. The number of ether oxygens (including phenoxy) is 1. The van der Waals surface area contributed by atoms with Crippen LogP contribution in [0.2, 0.25) is 5.02 Å². The van der Waals surface area contributed by atoms with Gasteiger partial charge < -0.3 is 10.1 Å². The van der Waals surface area contributed by atoms with Gasteiger partial charge in [0.15, 0.2) is 0 Å². The van der Waals surface area contributed by atoms with Crippen molar-refractivity contribution >= 4 is 39.4 Å². The Morgan fingerprint density at radius 2 is 1.83 bits per heavy atom. The van der Waals surface area contributed by atoms with Crippen molar-refractivity contribution in [2.24, 2.45) is 0 Å². The molecule has 0 aliphatic heterocycles. The Bertz CT molecular complexity index is 703. The number of esters is 1. The number of amides is 1. The van der Waals surface area contributed by atoms with Crippen molar-refractivity contribution in [1.29, 1.82) is 0 Å². The number of benzene rings is 2. The molecule has 120 valence electrons. The van der Waals surface area contributed by atoms with E-state index in [2.05, 4.69) is 21.2 Å². The van der Waals surface area contributed by atoms with Crippen LogP contribution >= 0.6 is 27.5 Å². The minimum atomic E-state index is -0.501. The molecular weight excluding hydrogens is 382 g/mol. The second-order valence-corrected chi connectivity index (χ2v) is 6.16. The number of nitrogens with one attached hydrogen (secondary N) is 1. The van der Waals surface area contributed by atoms with Crippen molar-refractivity contribution in [3.05, 3.63) is 69.2 Å². The van der Waals surface area contributed by atoms with Gasteiger partial charge in [-0.2, -0.15) is 0 Å². The van der Waals surface area contributed by atoms with Crippen LogP contribution in [-0.2, 0) is 9.53 Å². The summed E-state index contributed by atoms with van der Waals surface area (Å²) in [6.07, 6.45) is 0.0360. The fraction of sp³-hybridized carbons (Fsp3) is 0.176. The minimum absolute atomic E-state index is 0.0360. The summed E-state index contributed by atoms with van der Waals surface area (Å²) in [6.45, 7) is 0. The molecule has 0 saturated heterocycles. The van der Waals surface area contributed by atoms with Crippen molar-refractivity contribution < 1.29 is 14.3 Å². The van der Waals surface area contributed by atoms with Gasteiger partial charge in [-0.05, 0) is 29.8 Å². The first-order valence-electron chi connectivity index (χ1n) is 6.89. The Kier molecular flexibility index (Phi) is 6.19. The predicted molar refractivity (Wildman–Crippen MR) is 92.4 cm³/mol. The van der Waals surface area contributed by atoms with Gasteiger partial charge in [0.05, 0.1) is 30.2 Å². The maximum atomic E-state index is 12.4. The number of carbonyl (C=O) groups excluding carboxylic acids is 2. The van der Waals surface area contributed by atoms with Gasteiger partial charge >= 0.3 is 5.97 Å². The summed E-state index contributed by atoms with van der Waals surface area (Å²) >= 11 is 9.40. The van der Waals surface area contributed by atoms with Gasteiger partial charge in [-0.1, -0.05) is 51.8 Å². The highest BCUT2D eigenvalue weighted by atomic mass is 79.9. The highest BCUT2D eigenvalue weighted by molar-refractivity contribution is 9.10. The molecule has 1 unspecified atom stereocenters. The molecule has 23 heavy (non-hydrogen) atoms. The van der Waals surface area contributed by atoms with Crippen LogP contribution in [0.5, 0.6) is 0 Å². The second kappa shape index (κ2) is 8.13. The lowest BCUT2D eigenvalue weighted by atomic mass is 10.0. The first kappa shape index (κ1) is 17.5. The fourth-order valence-corrected chi connectivity index (χ4v) is 2.56. The summed E-state index contributed by atoms with van der Waals surface area (Å²) in [7, 11) is 1.32. The van der Waals surface area contributed by atoms with E-state index in [1.165, 1.54) is 7.11 Å². The summed E-state index contributed by atoms with van der Waals surface area (Å²) in [5.41, 5.74) is 1.17. The average molecular weight is 397 g/mol. The summed E-state index contributed by atoms with van der Waals surface area (Å²) in [5.74, 6) is -0.746. The van der Waals surface area contributed by atoms with Crippen LogP contribution in [0.25, 0.3) is 0 Å². The molecular formula is C17H15BrClNO3. The lowest BCUT2D eigenvalue weighted by Crippen LogP contribution is -2.30. The van der Waals surface area contributed by atoms with E-state index in [0.717, 1.165) is 10.0 Å². The van der Waals surface area contributed by atoms with E-state index in [1.807, 2.05) is 24.3 Å². The van der Waals surface area contributed by atoms with E-state index in [4.69, 9.17) is 16.3 Å². The summed E-state index contributed by atoms with van der Waals surface area (Å²) in [5, 5.41) is 3.19. The van der Waals surface area contributed by atoms with E-state index < -0.39 is 12.0 Å². The Morgan fingerprint density at radius 3 is 2.43 bits per heavy atom. The molecule has 1 amide bonds. The number of halogens is 2. The second-order valence-electron chi connectivity index (χ2n) is 4.84. The van der Waals surface area contributed by atoms with Crippen LogP contribution in [0.3, 0.4) is 0 Å². The van der Waals surface area contributed by atoms with Crippen LogP contribution in [-0.4, -0.2) is 19.0 Å². The van der Waals surface area contributed by atoms with Crippen molar-refractivity contribution in [3.63, 3.8) is 0 Å². The molecule has 0 fully saturated rings. The number of methoxy groups -OCH3 is 1. The Labute approximate surface area is 147 Å². The molecule has 0 heterocycles. The number of rotatable bonds is 5. The molecule has 2 aromatic carbocycles. The molecule has 0 bridgehead atoms. The van der Waals surface area contributed by atoms with Crippen LogP contribution in [0.15, 0.2) is 53.0 Å². The number of hydrogen-bond donors (Lipinski definition) is 1. The third-order valence-electron chi connectivity index (χ3n) is 3.29. The molecule has 2 rings (SSSR count). The quantitative estimate of drug-likeness (QED) is 0.773. The van der Waals surface area contributed by atoms with E-state index in [1.54, 1.807) is 24.3 Å². The van der Waals surface area contributed by atoms with E-state index >= 15 is 0 Å². The Balaban J connectivity index is 2.23. The van der Waals surface area contributed by atoms with Gasteiger partial charge in [0.25, 0.3) is 5.91 Å². The van der Waals surface area contributed by atoms with Crippen LogP contribution in [0.4, 0.5) is 0 Å². The molecule has 4 nitrogen and oxygen atoms in total. The van der Waals surface area contributed by atoms with E-state index in [-0.39, 0.29) is 12.3 Å². The van der Waals surface area contributed by atoms with Crippen LogP contribution < -0.4 is 5.32 Å². The Morgan fingerprint density at radius 1 is 1.17 bits per heavy atom. The highest BCUT2D eigenvalue weighted by Crippen LogP contribution is 2.22. The Hall–Kier alpha value is -1.85. The van der Waals surface area contributed by atoms with Crippen molar-refractivity contribution in [3.8, 4) is 0 Å². The maximum Gasteiger partial charge on any atom is 0.307 e. The summed E-state index contributed by atoms with van der Waals surface area (Å²) in [4.78, 5) is 24.1. The largest absolute Gasteiger partial charge is 0.469 e. The smallest absolute Gasteiger partial charge is 0.307 e. The zero-order valence-electron chi connectivity index (χ0n) is 12.4. The molecule has 6 heteroatoms. The highest BCUT2D eigenvalue weighted by Gasteiger charge is 2.20. The topological polar surface area (TPSA) is 55.4 Å². The lowest BCUT2D eigenvalue weighted by Gasteiger charge is -2.19. The zero-order valence-corrected chi connectivity index (χ0v) is 14.7. The first-order valence-corrected chi connectivity index (χ1v) is 8.06. The van der Waals surface area contributed by atoms with Crippen LogP contribution in [0, 0.1) is 0 Å². The molecule has 0 saturated carbocycles. The SMILES string of the molecule is COC(=O)CC(NC(=O)c1ccccc1Cl)c1ccc(Br)cc1. The maximum absolute atomic E-state index is 12.4. The van der Waals surface area contributed by atoms with Gasteiger partial charge in [-0.15, -0.1) is 0 Å². The minimum Gasteiger partial charge on any atom is -0.469 e. The number of carbonyl (C=O) groups is 2. The third-order valence-corrected chi connectivity index (χ3v) is 4.15. The van der Waals surface area contributed by atoms with Gasteiger partial charge in [-0.25, -0.2) is 0 Å². The monoisotopic (exact) mass is 395 g/mol. The number of hydrogen-bond acceptors (Lipinski definition) is 3. The standard InChI is InChI=1S/C17H15BrClNO3/c1-23-16(21)10-15(11-6-8-12(18)9-7-11)20-17(22)13-4-2-3-5-14(13)19/h2-9,15H,10H2,1H3,(H,20,22). The average Bonchev–Trinajstić information content (AvgIpc) is 2.55. The molecule has 0 aliphatic rings. The fourth-order valence-electron chi connectivity index (χ4n) is 2.08. The molecule has 0 spiro atoms. The molecule has 0 radical (unpaired) electrons. The molecule has 1 N–H and O–H groups in total. The molecule has 0 aliphatic carbocycles. The summed E-state index contributed by atoms with van der Waals surface area (Å²) < 4.78 is 5.62.